The van der Waals surface area contributed by atoms with Crippen LogP contribution in [0.5, 0.6) is 5.75 Å². The van der Waals surface area contributed by atoms with E-state index >= 15 is 0 Å². The molecule has 8 heteroatoms. The molecular weight excluding hydrogens is 458 g/mol. The zero-order chi connectivity index (χ0) is 23.5. The summed E-state index contributed by atoms with van der Waals surface area (Å²) in [6.07, 6.45) is 0. The van der Waals surface area contributed by atoms with Gasteiger partial charge in [-0.15, -0.1) is 11.3 Å². The number of rotatable bonds is 7. The van der Waals surface area contributed by atoms with Gasteiger partial charge in [-0.2, -0.15) is 0 Å². The molecule has 0 spiro atoms. The summed E-state index contributed by atoms with van der Waals surface area (Å²) in [5.74, 6) is -0.918. The Morgan fingerprint density at radius 1 is 0.970 bits per heavy atom. The van der Waals surface area contributed by atoms with Gasteiger partial charge in [0.2, 0.25) is 0 Å². The predicted octanol–water partition coefficient (Wildman–Crippen LogP) is 6.37. The van der Waals surface area contributed by atoms with Crippen LogP contribution in [0.3, 0.4) is 0 Å². The Kier molecular flexibility index (Phi) is 6.60. The van der Waals surface area contributed by atoms with Gasteiger partial charge in [0.15, 0.2) is 0 Å². The van der Waals surface area contributed by atoms with E-state index in [0.29, 0.717) is 10.7 Å². The molecule has 0 saturated heterocycles. The van der Waals surface area contributed by atoms with Crippen LogP contribution in [0.25, 0.3) is 21.6 Å². The summed E-state index contributed by atoms with van der Waals surface area (Å²) in [6.45, 7) is 2.03. The van der Waals surface area contributed by atoms with Crippen molar-refractivity contribution in [3.05, 3.63) is 90.0 Å². The molecule has 2 N–H and O–H groups in total. The van der Waals surface area contributed by atoms with Gasteiger partial charge < -0.3 is 9.84 Å². The molecule has 0 amide bonds. The van der Waals surface area contributed by atoms with Crippen LogP contribution in [0.4, 0.5) is 10.7 Å². The third-order valence-corrected chi connectivity index (χ3v) is 7.13. The molecule has 1 aromatic heterocycles. The molecule has 168 valence electrons. The predicted molar refractivity (Wildman–Crippen MR) is 133 cm³/mol. The molecule has 0 aliphatic carbocycles. The van der Waals surface area contributed by atoms with Crippen LogP contribution in [-0.4, -0.2) is 26.9 Å². The Balaban J connectivity index is 1.76. The summed E-state index contributed by atoms with van der Waals surface area (Å²) in [5, 5.41) is 9.77. The molecule has 0 fully saturated rings. The van der Waals surface area contributed by atoms with Gasteiger partial charge in [0.25, 0.3) is 11.3 Å². The van der Waals surface area contributed by atoms with E-state index in [1.54, 1.807) is 6.07 Å². The van der Waals surface area contributed by atoms with Crippen LogP contribution in [-0.2, 0) is 11.3 Å². The van der Waals surface area contributed by atoms with Gasteiger partial charge in [-0.1, -0.05) is 42.5 Å². The van der Waals surface area contributed by atoms with E-state index in [0.717, 1.165) is 27.1 Å². The normalized spacial score (nSPS) is 11.7. The van der Waals surface area contributed by atoms with E-state index in [-0.39, 0.29) is 11.3 Å². The van der Waals surface area contributed by atoms with E-state index in [4.69, 9.17) is 4.74 Å². The van der Waals surface area contributed by atoms with Crippen LogP contribution >= 0.6 is 11.3 Å². The van der Waals surface area contributed by atoms with E-state index in [2.05, 4.69) is 30.3 Å². The smallest absolute Gasteiger partial charge is 0.335 e. The lowest BCUT2D eigenvalue weighted by Gasteiger charge is -2.20. The largest absolute Gasteiger partial charge is 0.495 e. The molecule has 0 bridgehead atoms. The maximum absolute atomic E-state index is 12.3. The highest BCUT2D eigenvalue weighted by Crippen LogP contribution is 2.42. The van der Waals surface area contributed by atoms with Gasteiger partial charge in [0.1, 0.15) is 10.8 Å². The van der Waals surface area contributed by atoms with E-state index in [9.17, 15) is 18.7 Å². The Morgan fingerprint density at radius 2 is 1.73 bits per heavy atom. The molecule has 3 aromatic carbocycles. The molecule has 1 unspecified atom stereocenters. The fraction of sp³-hybridized carbons (Fsp3) is 0.0800. The number of ether oxygens (including phenoxy) is 1. The number of nitrogens with zero attached hydrogens (tertiary/aromatic N) is 1. The van der Waals surface area contributed by atoms with Crippen molar-refractivity contribution >= 4 is 39.3 Å². The number of thiophene rings is 1. The standard InChI is InChI=1S/C25H21NO5S2/c1-16-8-9-18(17-6-4-3-5-7-17)14-20(16)23-12-13-24(32-23)26(33(29)30)21-11-10-19(25(27)28)15-22(21)31-2/h3-15H,1-2H3,(H,27,28)(H,29,30). The monoisotopic (exact) mass is 479 g/mol. The Labute approximate surface area is 198 Å². The van der Waals surface area contributed by atoms with Crippen molar-refractivity contribution in [1.29, 1.82) is 0 Å². The van der Waals surface area contributed by atoms with Gasteiger partial charge in [0, 0.05) is 4.88 Å². The molecule has 33 heavy (non-hydrogen) atoms. The summed E-state index contributed by atoms with van der Waals surface area (Å²) < 4.78 is 28.9. The van der Waals surface area contributed by atoms with Crippen LogP contribution in [0.2, 0.25) is 0 Å². The minimum Gasteiger partial charge on any atom is -0.495 e. The van der Waals surface area contributed by atoms with Gasteiger partial charge in [-0.3, -0.25) is 4.55 Å². The van der Waals surface area contributed by atoms with Gasteiger partial charge >= 0.3 is 5.97 Å². The molecule has 0 aliphatic rings. The van der Waals surface area contributed by atoms with E-state index in [1.807, 2.05) is 31.2 Å². The topological polar surface area (TPSA) is 87.1 Å². The first-order valence-electron chi connectivity index (χ1n) is 9.97. The minimum atomic E-state index is -2.40. The first kappa shape index (κ1) is 22.7. The van der Waals surface area contributed by atoms with Gasteiger partial charge in [-0.05, 0) is 65.6 Å². The second-order valence-corrected chi connectivity index (χ2v) is 9.14. The second kappa shape index (κ2) is 9.58. The number of carboxylic acids is 1. The molecule has 4 rings (SSSR count). The Morgan fingerprint density at radius 3 is 2.39 bits per heavy atom. The summed E-state index contributed by atoms with van der Waals surface area (Å²) in [5.41, 5.74) is 4.63. The average Bonchev–Trinajstić information content (AvgIpc) is 3.29. The van der Waals surface area contributed by atoms with E-state index in [1.165, 1.54) is 41.0 Å². The first-order valence-corrected chi connectivity index (χ1v) is 11.9. The fourth-order valence-corrected chi connectivity index (χ4v) is 5.38. The van der Waals surface area contributed by atoms with Crippen molar-refractivity contribution in [2.24, 2.45) is 0 Å². The molecular formula is C25H21NO5S2. The molecule has 6 nitrogen and oxygen atoms in total. The Bertz CT molecular complexity index is 1330. The highest BCUT2D eigenvalue weighted by molar-refractivity contribution is 7.81. The fourth-order valence-electron chi connectivity index (χ4n) is 3.54. The lowest BCUT2D eigenvalue weighted by molar-refractivity contribution is 0.0696. The van der Waals surface area contributed by atoms with Crippen LogP contribution in [0, 0.1) is 6.92 Å². The maximum Gasteiger partial charge on any atom is 0.335 e. The van der Waals surface area contributed by atoms with Crippen molar-refractivity contribution in [3.63, 3.8) is 0 Å². The highest BCUT2D eigenvalue weighted by atomic mass is 32.2. The molecule has 4 aromatic rings. The highest BCUT2D eigenvalue weighted by Gasteiger charge is 2.23. The van der Waals surface area contributed by atoms with Crippen molar-refractivity contribution in [2.75, 3.05) is 11.4 Å². The number of hydrogen-bond donors (Lipinski definition) is 2. The zero-order valence-corrected chi connectivity index (χ0v) is 19.5. The third-order valence-electron chi connectivity index (χ3n) is 5.20. The van der Waals surface area contributed by atoms with Crippen molar-refractivity contribution < 1.29 is 23.4 Å². The minimum absolute atomic E-state index is 0.0273. The van der Waals surface area contributed by atoms with Crippen molar-refractivity contribution in [1.82, 2.24) is 0 Å². The number of anilines is 2. The lowest BCUT2D eigenvalue weighted by atomic mass is 9.99. The molecule has 0 aliphatic heterocycles. The number of benzene rings is 3. The summed E-state index contributed by atoms with van der Waals surface area (Å²) in [6, 6.07) is 24.2. The lowest BCUT2D eigenvalue weighted by Crippen LogP contribution is -2.19. The molecule has 1 atom stereocenters. The van der Waals surface area contributed by atoms with Gasteiger partial charge in [0.05, 0.1) is 18.4 Å². The van der Waals surface area contributed by atoms with Crippen molar-refractivity contribution in [2.45, 2.75) is 6.92 Å². The third kappa shape index (κ3) is 4.68. The maximum atomic E-state index is 12.3. The van der Waals surface area contributed by atoms with Crippen LogP contribution < -0.4 is 9.04 Å². The van der Waals surface area contributed by atoms with Crippen molar-refractivity contribution in [3.8, 4) is 27.3 Å². The SMILES string of the molecule is COc1cc(C(=O)O)ccc1N(c1ccc(-c2cc(-c3ccccc3)ccc2C)s1)S(=O)O. The average molecular weight is 480 g/mol. The molecule has 1 heterocycles. The van der Waals surface area contributed by atoms with Gasteiger partial charge in [-0.25, -0.2) is 13.3 Å². The van der Waals surface area contributed by atoms with Crippen LogP contribution in [0.15, 0.2) is 78.9 Å². The summed E-state index contributed by atoms with van der Waals surface area (Å²) in [4.78, 5) is 12.2. The number of hydrogen-bond acceptors (Lipinski definition) is 4. The van der Waals surface area contributed by atoms with Crippen LogP contribution in [0.1, 0.15) is 15.9 Å². The number of carboxylic acid groups (broad SMARTS) is 1. The summed E-state index contributed by atoms with van der Waals surface area (Å²) in [7, 11) is 1.39. The zero-order valence-electron chi connectivity index (χ0n) is 17.9. The number of aromatic carboxylic acids is 1. The molecule has 0 saturated carbocycles. The quantitative estimate of drug-likeness (QED) is 0.301. The number of methoxy groups -OCH3 is 1. The summed E-state index contributed by atoms with van der Waals surface area (Å²) >= 11 is -1.03. The number of carbonyl (C=O) groups is 1. The number of aryl methyl sites for hydroxylation is 1. The van der Waals surface area contributed by atoms with E-state index < -0.39 is 17.2 Å². The molecule has 0 radical (unpaired) electrons. The first-order chi connectivity index (χ1) is 15.9. The Hall–Kier alpha value is -3.46. The second-order valence-electron chi connectivity index (χ2n) is 7.25.